The van der Waals surface area contributed by atoms with Crippen LogP contribution in [-0.4, -0.2) is 247 Å². The van der Waals surface area contributed by atoms with E-state index in [1.54, 1.807) is 44.2 Å². The number of aliphatic hydroxyl groups excluding tert-OH is 3. The predicted octanol–water partition coefficient (Wildman–Crippen LogP) is 1.77. The first kappa shape index (κ1) is 101. The van der Waals surface area contributed by atoms with Crippen LogP contribution in [0.5, 0.6) is 0 Å². The molecule has 16 N–H and O–H groups in total. The highest BCUT2D eigenvalue weighted by Crippen LogP contribution is 2.33. The van der Waals surface area contributed by atoms with Gasteiger partial charge in [-0.25, -0.2) is 0 Å². The zero-order valence-corrected chi connectivity index (χ0v) is 69.2. The summed E-state index contributed by atoms with van der Waals surface area (Å²) in [5.74, 6) is -24.9. The van der Waals surface area contributed by atoms with E-state index in [1.165, 1.54) is 6.92 Å². The highest BCUT2D eigenvalue weighted by Gasteiger charge is 2.44. The fourth-order valence-electron chi connectivity index (χ4n) is 13.8. The van der Waals surface area contributed by atoms with Crippen molar-refractivity contribution < 1.29 is 123 Å². The number of carboxylic acids is 1. The maximum Gasteiger partial charge on any atom is 0.416 e. The second kappa shape index (κ2) is 46.9. The fraction of sp³-hybridized carbons (Fsp3) is 0.568. The lowest BCUT2D eigenvalue weighted by Crippen LogP contribution is -2.59. The fourth-order valence-corrected chi connectivity index (χ4v) is 14.6. The number of halogens is 6. The molecular formula is C81H109F6N13O20S. The Morgan fingerprint density at radius 3 is 1.60 bits per heavy atom. The number of amides is 11. The van der Waals surface area contributed by atoms with Gasteiger partial charge in [0.25, 0.3) is 0 Å². The third kappa shape index (κ3) is 31.3. The number of hydrogen-bond donors (Lipinski definition) is 14. The summed E-state index contributed by atoms with van der Waals surface area (Å²) in [5, 5.41) is 67.6. The van der Waals surface area contributed by atoms with E-state index < -0.39 is 290 Å². The van der Waals surface area contributed by atoms with Gasteiger partial charge in [0.15, 0.2) is 23.1 Å². The molecule has 0 aliphatic carbocycles. The minimum absolute atomic E-state index is 0.0311. The third-order valence-electron chi connectivity index (χ3n) is 21.3. The summed E-state index contributed by atoms with van der Waals surface area (Å²) in [6, 6.07) is -0.0877. The van der Waals surface area contributed by atoms with Crippen LogP contribution < -0.4 is 48.7 Å². The second-order valence-corrected chi connectivity index (χ2v) is 31.9. The summed E-state index contributed by atoms with van der Waals surface area (Å²) >= 11 is 0.769. The van der Waals surface area contributed by atoms with Crippen molar-refractivity contribution in [3.63, 3.8) is 0 Å². The van der Waals surface area contributed by atoms with Crippen molar-refractivity contribution in [3.05, 3.63) is 107 Å². The van der Waals surface area contributed by atoms with Gasteiger partial charge in [0.1, 0.15) is 36.3 Å². The van der Waals surface area contributed by atoms with Gasteiger partial charge in [0.2, 0.25) is 65.0 Å². The Morgan fingerprint density at radius 1 is 0.562 bits per heavy atom. The molecule has 2 saturated heterocycles. The van der Waals surface area contributed by atoms with Crippen LogP contribution in [-0.2, 0) is 108 Å². The number of nitrogens with zero attached hydrogens (tertiary/aromatic N) is 3. The van der Waals surface area contributed by atoms with Crippen LogP contribution in [0.25, 0.3) is 0 Å². The highest BCUT2D eigenvalue weighted by atomic mass is 32.2. The van der Waals surface area contributed by atoms with Gasteiger partial charge in [-0.05, 0) is 120 Å². The van der Waals surface area contributed by atoms with Crippen molar-refractivity contribution in [1.29, 1.82) is 5.41 Å². The maximum atomic E-state index is 15.0. The summed E-state index contributed by atoms with van der Waals surface area (Å²) in [5.41, 5.74) is 9.26. The number of amidine groups is 1. The molecule has 2 aliphatic rings. The number of alkyl halides is 6. The van der Waals surface area contributed by atoms with Crippen LogP contribution >= 0.6 is 11.8 Å². The van der Waals surface area contributed by atoms with Crippen LogP contribution in [0.1, 0.15) is 146 Å². The number of aliphatic hydroxyl groups is 3. The summed E-state index contributed by atoms with van der Waals surface area (Å²) in [4.78, 5) is 230. The van der Waals surface area contributed by atoms with Gasteiger partial charge in [-0.15, -0.1) is 11.8 Å². The van der Waals surface area contributed by atoms with Gasteiger partial charge in [0.05, 0.1) is 72.1 Å². The molecule has 0 bridgehead atoms. The average molecular weight is 1730 g/mol. The third-order valence-corrected chi connectivity index (χ3v) is 22.3. The molecule has 0 radical (unpaired) electrons. The number of benzene rings is 3. The number of carboxylic acid groups (broad SMARTS) is 1. The van der Waals surface area contributed by atoms with E-state index >= 15 is 4.79 Å². The number of fused-ring (bicyclic) bond motifs is 1. The predicted molar refractivity (Wildman–Crippen MR) is 426 cm³/mol. The van der Waals surface area contributed by atoms with E-state index in [9.17, 15) is 119 Å². The molecule has 2 fully saturated rings. The van der Waals surface area contributed by atoms with Crippen molar-refractivity contribution in [2.75, 3.05) is 45.3 Å². The number of unbranched alkanes of at least 4 members (excludes halogenated alkanes) is 1. The number of aliphatic carboxylic acids is 1. The number of rotatable bonds is 21. The Hall–Kier alpha value is -10.7. The normalized spacial score (nSPS) is 25.2. The Bertz CT molecular complexity index is 4180. The Kier molecular flexibility index (Phi) is 39.1. The monoisotopic (exact) mass is 1730 g/mol. The lowest BCUT2D eigenvalue weighted by molar-refractivity contribution is -0.145. The van der Waals surface area contributed by atoms with Crippen molar-refractivity contribution in [2.24, 2.45) is 41.1 Å². The minimum Gasteiger partial charge on any atom is -0.481 e. The minimum atomic E-state index is -4.86. The zero-order chi connectivity index (χ0) is 90.7. The van der Waals surface area contributed by atoms with Gasteiger partial charge < -0.3 is 83.8 Å². The molecule has 0 aromatic heterocycles. The van der Waals surface area contributed by atoms with Crippen LogP contribution in [0.15, 0.2) is 78.9 Å². The van der Waals surface area contributed by atoms with Gasteiger partial charge in [-0.2, -0.15) is 26.3 Å². The van der Waals surface area contributed by atoms with E-state index in [4.69, 9.17) is 16.9 Å². The lowest BCUT2D eigenvalue weighted by Gasteiger charge is -2.32. The standard InChI is InChI=1S/C81H109F6N13O20S/c1-42(2)54-36-64(106)57(32-47-15-10-9-11-16-47)92-68(109)41-121-40-60(74(115)91-38-67(90)108)96-75(116)61-18-14-30-100(61)79(120)56(17-12-13-19-66(88)89)93-71(112)50(24-29-69(110)111)34-62(104)43(3)98(7)77(118)51(31-48-20-25-52(26-21-48)80(82,83)84)35-63(105)44(4)99(8)78(119)58(33-49-22-27-53(28-23-49)81(85,86)87)94-76(117)70(46(6)103)97-73(114)55(45(5)102)37-65(107)59(39-101)95-72(54)113/h9-11,15-16,20-23,25-28,42-46,50-51,54-61,70,101-103H,12-14,17-19,24,29-41H2,1-8H3,(H3,88,89)(H2,90,108)(H,91,115)(H,92,109)(H,93,112)(H,94,117)(H,95,113)(H,96,116)(H,97,114)(H,110,111)/t43-,44-,45+,46+,50+,51+,54-,55-,56-,57-,58-,59-,60-,61-,70-/m0/s1. The number of nitrogens with one attached hydrogen (secondary N) is 8. The first-order valence-corrected chi connectivity index (χ1v) is 40.6. The van der Waals surface area contributed by atoms with Crippen LogP contribution in [0, 0.1) is 35.0 Å². The van der Waals surface area contributed by atoms with E-state index in [1.807, 2.05) is 0 Å². The Balaban J connectivity index is 1.64. The molecule has 2 aliphatic heterocycles. The number of carbonyl (C=O) groups is 16. The van der Waals surface area contributed by atoms with Gasteiger partial charge in [-0.1, -0.05) is 74.9 Å². The molecule has 5 rings (SSSR count). The molecule has 0 unspecified atom stereocenters. The molecule has 3 aromatic carbocycles. The maximum absolute atomic E-state index is 15.0. The molecule has 3 aromatic rings. The SMILES string of the molecule is CC(C)[C@@H]1CC(=O)[C@H](Cc2ccccc2)NC(=O)CSC[C@@H](C(=O)NCC(N)=O)NC(=O)[C@@H]2CCCN2C(=O)[C@H](CCCCC(=N)N)NC(=O)[C@H](CCC(=O)O)CC(=O)[C@H](C)N(C)C(=O)[C@H](Cc2ccc(C(F)(F)F)cc2)CC(=O)[C@H](C)N(C)C(=O)[C@H](Cc2ccc(C(F)(F)F)cc2)NC(=O)[C@H]([C@@H](C)O)NC(=O)[C@H]([C@@H](C)O)CC(=O)[C@H](CO)NC1=O. The van der Waals surface area contributed by atoms with Crippen molar-refractivity contribution in [3.8, 4) is 0 Å². The number of ketones is 4. The number of Topliss-reactive ketones (excluding diaryl/α,β-unsaturated/α-hetero) is 4. The molecule has 0 saturated carbocycles. The van der Waals surface area contributed by atoms with Crippen LogP contribution in [0.4, 0.5) is 26.3 Å². The number of thioether (sulfide) groups is 1. The molecule has 11 amide bonds. The molecule has 121 heavy (non-hydrogen) atoms. The van der Waals surface area contributed by atoms with E-state index in [0.29, 0.717) is 29.8 Å². The lowest BCUT2D eigenvalue weighted by atomic mass is 9.86. The van der Waals surface area contributed by atoms with Gasteiger partial charge in [-0.3, -0.25) is 82.1 Å². The zero-order valence-electron chi connectivity index (χ0n) is 68.4. The van der Waals surface area contributed by atoms with E-state index in [2.05, 4.69) is 37.2 Å². The summed E-state index contributed by atoms with van der Waals surface area (Å²) in [6.45, 7) is 5.55. The molecule has 0 spiro atoms. The van der Waals surface area contributed by atoms with Crippen molar-refractivity contribution in [2.45, 2.75) is 217 Å². The summed E-state index contributed by atoms with van der Waals surface area (Å²) in [7, 11) is 2.16. The molecule has 33 nitrogen and oxygen atoms in total. The highest BCUT2D eigenvalue weighted by molar-refractivity contribution is 8.00. The average Bonchev–Trinajstić information content (AvgIpc) is 1.77. The number of likely N-dealkylation sites (N-methyl/N-ethyl adjacent to an activating group) is 2. The smallest absolute Gasteiger partial charge is 0.416 e. The Morgan fingerprint density at radius 2 is 1.07 bits per heavy atom. The summed E-state index contributed by atoms with van der Waals surface area (Å²) < 4.78 is 83.3. The molecule has 40 heteroatoms. The molecule has 2 heterocycles. The number of hydrogen-bond acceptors (Lipinski definition) is 21. The van der Waals surface area contributed by atoms with Crippen LogP contribution in [0.2, 0.25) is 0 Å². The molecule has 666 valence electrons. The first-order valence-electron chi connectivity index (χ1n) is 39.4. The quantitative estimate of drug-likeness (QED) is 0.0313. The largest absolute Gasteiger partial charge is 0.481 e. The molecular weight excluding hydrogens is 1620 g/mol. The second-order valence-electron chi connectivity index (χ2n) is 30.9. The topological polar surface area (TPSA) is 524 Å². The molecule has 15 atom stereocenters. The summed E-state index contributed by atoms with van der Waals surface area (Å²) in [6.07, 6.45) is -19.2. The van der Waals surface area contributed by atoms with Gasteiger partial charge in [0, 0.05) is 89.1 Å². The number of primary amides is 1. The first-order chi connectivity index (χ1) is 56.6. The number of nitrogens with two attached hydrogens (primary N) is 2. The Labute approximate surface area is 699 Å². The van der Waals surface area contributed by atoms with E-state index in [-0.39, 0.29) is 68.5 Å². The van der Waals surface area contributed by atoms with E-state index in [0.717, 1.165) is 85.6 Å². The van der Waals surface area contributed by atoms with Crippen molar-refractivity contribution >= 4 is 112 Å². The van der Waals surface area contributed by atoms with Crippen LogP contribution in [0.3, 0.4) is 0 Å². The number of carbonyl (C=O) groups excluding carboxylic acids is 15. The van der Waals surface area contributed by atoms with Crippen molar-refractivity contribution in [1.82, 2.24) is 51.9 Å². The van der Waals surface area contributed by atoms with Gasteiger partial charge >= 0.3 is 18.3 Å².